The summed E-state index contributed by atoms with van der Waals surface area (Å²) in [5.74, 6) is -8.43. The molecule has 0 spiro atoms. The minimum absolute atomic E-state index is 0.000711. The van der Waals surface area contributed by atoms with Gasteiger partial charge in [-0.05, 0) is 38.5 Å². The van der Waals surface area contributed by atoms with E-state index < -0.39 is 94.7 Å². The summed E-state index contributed by atoms with van der Waals surface area (Å²) in [6.07, 6.45) is -15.0. The summed E-state index contributed by atoms with van der Waals surface area (Å²) in [4.78, 5) is 13.2. The van der Waals surface area contributed by atoms with Gasteiger partial charge in [0, 0.05) is 19.6 Å². The maximum Gasteiger partial charge on any atom is 0.392 e. The Labute approximate surface area is 210 Å². The number of halogens is 7. The van der Waals surface area contributed by atoms with E-state index in [0.29, 0.717) is 6.42 Å². The van der Waals surface area contributed by atoms with E-state index in [-0.39, 0.29) is 25.7 Å². The summed E-state index contributed by atoms with van der Waals surface area (Å²) in [6.45, 7) is 0. The molecule has 9 atom stereocenters. The van der Waals surface area contributed by atoms with Crippen LogP contribution in [0.5, 0.6) is 0 Å². The fraction of sp³-hybridized carbons (Fsp3) is 0.864. The molecular formula is C22H31F7N2O5S. The zero-order valence-electron chi connectivity index (χ0n) is 20.0. The maximum atomic E-state index is 14.7. The van der Waals surface area contributed by atoms with Crippen LogP contribution in [0.1, 0.15) is 44.9 Å². The standard InChI is InChI=1S/C22H31F7N2O5S/c1-35-13-5-6-17(16(23)10-13)36-18-8-11(21(24,25)26)7-15(22(27,28)29)19(18)20(32)31-12-3-2-4-14(9-12)37(30,33)34/h2-3,11-19H,4-10H2,1H3,(H,31,32)(H2,30,33,34). The van der Waals surface area contributed by atoms with Crippen molar-refractivity contribution in [2.45, 2.75) is 93.1 Å². The second-order valence-corrected chi connectivity index (χ2v) is 11.9. The number of alkyl halides is 7. The summed E-state index contributed by atoms with van der Waals surface area (Å²) < 4.78 is 132. The van der Waals surface area contributed by atoms with Gasteiger partial charge in [-0.2, -0.15) is 26.3 Å². The minimum atomic E-state index is -5.18. The Bertz CT molecular complexity index is 943. The SMILES string of the molecule is COC1CCC(OC2CC(C(F)(F)F)CC(C(F)(F)F)C2C(=O)NC2C=CCC(S(N)(=O)=O)C2)C(F)C1. The number of carbonyl (C=O) groups is 1. The zero-order valence-corrected chi connectivity index (χ0v) is 20.8. The number of rotatable bonds is 6. The average Bonchev–Trinajstić information content (AvgIpc) is 2.78. The van der Waals surface area contributed by atoms with Crippen LogP contribution in [0, 0.1) is 17.8 Å². The molecule has 0 saturated heterocycles. The van der Waals surface area contributed by atoms with Crippen LogP contribution in [0.4, 0.5) is 30.7 Å². The second-order valence-electron chi connectivity index (χ2n) is 10.0. The molecule has 1 amide bonds. The van der Waals surface area contributed by atoms with E-state index in [1.165, 1.54) is 19.3 Å². The van der Waals surface area contributed by atoms with Crippen LogP contribution in [0.3, 0.4) is 0 Å². The lowest BCUT2D eigenvalue weighted by Gasteiger charge is -2.44. The lowest BCUT2D eigenvalue weighted by molar-refractivity contribution is -0.258. The van der Waals surface area contributed by atoms with Gasteiger partial charge < -0.3 is 14.8 Å². The Morgan fingerprint density at radius 1 is 1.00 bits per heavy atom. The summed E-state index contributed by atoms with van der Waals surface area (Å²) in [6, 6.07) is -1.01. The number of carbonyl (C=O) groups excluding carboxylic acids is 1. The molecule has 15 heteroatoms. The molecule has 0 heterocycles. The van der Waals surface area contributed by atoms with E-state index >= 15 is 0 Å². The number of ether oxygens (including phenoxy) is 2. The van der Waals surface area contributed by atoms with Gasteiger partial charge in [0.1, 0.15) is 6.17 Å². The normalized spacial score (nSPS) is 37.8. The highest BCUT2D eigenvalue weighted by Gasteiger charge is 2.59. The highest BCUT2D eigenvalue weighted by atomic mass is 32.2. The number of allylic oxidation sites excluding steroid dienone is 1. The number of nitrogens with two attached hydrogens (primary N) is 1. The Morgan fingerprint density at radius 3 is 2.22 bits per heavy atom. The first kappa shape index (κ1) is 30.1. The van der Waals surface area contributed by atoms with Crippen LogP contribution >= 0.6 is 0 Å². The smallest absolute Gasteiger partial charge is 0.381 e. The molecule has 0 aromatic heterocycles. The van der Waals surface area contributed by atoms with Crippen LogP contribution < -0.4 is 10.5 Å². The van der Waals surface area contributed by atoms with Gasteiger partial charge in [-0.3, -0.25) is 4.79 Å². The molecule has 7 nitrogen and oxygen atoms in total. The van der Waals surface area contributed by atoms with Gasteiger partial charge in [0.05, 0.1) is 41.3 Å². The largest absolute Gasteiger partial charge is 0.392 e. The molecular weight excluding hydrogens is 537 g/mol. The third-order valence-corrected chi connectivity index (χ3v) is 8.81. The summed E-state index contributed by atoms with van der Waals surface area (Å²) in [7, 11) is -2.64. The van der Waals surface area contributed by atoms with E-state index in [9.17, 15) is 43.9 Å². The Hall–Kier alpha value is -1.45. The molecule has 3 N–H and O–H groups in total. The lowest BCUT2D eigenvalue weighted by Crippen LogP contribution is -2.56. The van der Waals surface area contributed by atoms with Gasteiger partial charge in [-0.1, -0.05) is 12.2 Å². The van der Waals surface area contributed by atoms with Crippen LogP contribution in [0.15, 0.2) is 12.2 Å². The molecule has 9 unspecified atom stereocenters. The molecule has 0 bridgehead atoms. The van der Waals surface area contributed by atoms with Crippen molar-refractivity contribution in [3.8, 4) is 0 Å². The van der Waals surface area contributed by atoms with E-state index in [1.807, 2.05) is 0 Å². The van der Waals surface area contributed by atoms with E-state index in [1.54, 1.807) is 0 Å². The molecule has 37 heavy (non-hydrogen) atoms. The summed E-state index contributed by atoms with van der Waals surface area (Å²) >= 11 is 0. The number of nitrogens with one attached hydrogen (secondary N) is 1. The van der Waals surface area contributed by atoms with Crippen LogP contribution in [-0.4, -0.2) is 69.6 Å². The van der Waals surface area contributed by atoms with Crippen LogP contribution in [-0.2, 0) is 24.3 Å². The Kier molecular flexibility index (Phi) is 9.23. The number of methoxy groups -OCH3 is 1. The number of hydrogen-bond acceptors (Lipinski definition) is 5. The first-order chi connectivity index (χ1) is 17.0. The molecule has 2 fully saturated rings. The van der Waals surface area contributed by atoms with Crippen molar-refractivity contribution in [3.63, 3.8) is 0 Å². The van der Waals surface area contributed by atoms with Gasteiger partial charge >= 0.3 is 12.4 Å². The summed E-state index contributed by atoms with van der Waals surface area (Å²) in [5.41, 5.74) is 0. The lowest BCUT2D eigenvalue weighted by atomic mass is 9.70. The molecule has 0 aromatic carbocycles. The number of amides is 1. The molecule has 0 aliphatic heterocycles. The fourth-order valence-electron chi connectivity index (χ4n) is 5.48. The third-order valence-electron chi connectivity index (χ3n) is 7.50. The molecule has 214 valence electrons. The van der Waals surface area contributed by atoms with Crippen molar-refractivity contribution in [2.24, 2.45) is 22.9 Å². The predicted molar refractivity (Wildman–Crippen MR) is 117 cm³/mol. The monoisotopic (exact) mass is 568 g/mol. The van der Waals surface area contributed by atoms with Crippen molar-refractivity contribution in [2.75, 3.05) is 7.11 Å². The van der Waals surface area contributed by atoms with E-state index in [2.05, 4.69) is 5.32 Å². The van der Waals surface area contributed by atoms with E-state index in [4.69, 9.17) is 14.6 Å². The first-order valence-electron chi connectivity index (χ1n) is 11.9. The fourth-order valence-corrected chi connectivity index (χ4v) is 6.34. The van der Waals surface area contributed by atoms with Gasteiger partial charge in [0.25, 0.3) is 0 Å². The molecule has 3 aliphatic rings. The molecule has 0 radical (unpaired) electrons. The van der Waals surface area contributed by atoms with Gasteiger partial charge in [0.15, 0.2) is 0 Å². The van der Waals surface area contributed by atoms with Crippen molar-refractivity contribution in [3.05, 3.63) is 12.2 Å². The quantitative estimate of drug-likeness (QED) is 0.377. The molecule has 3 rings (SSSR count). The highest BCUT2D eigenvalue weighted by molar-refractivity contribution is 7.89. The highest BCUT2D eigenvalue weighted by Crippen LogP contribution is 2.50. The number of primary sulfonamides is 1. The number of sulfonamides is 1. The van der Waals surface area contributed by atoms with Crippen molar-refractivity contribution in [1.82, 2.24) is 5.32 Å². The first-order valence-corrected chi connectivity index (χ1v) is 13.6. The third kappa shape index (κ3) is 7.57. The zero-order chi connectivity index (χ0) is 27.8. The van der Waals surface area contributed by atoms with Crippen LogP contribution in [0.2, 0.25) is 0 Å². The average molecular weight is 569 g/mol. The molecule has 3 aliphatic carbocycles. The minimum Gasteiger partial charge on any atom is -0.381 e. The van der Waals surface area contributed by atoms with E-state index in [0.717, 1.165) is 0 Å². The van der Waals surface area contributed by atoms with Crippen molar-refractivity contribution < 1.29 is 53.4 Å². The predicted octanol–water partition coefficient (Wildman–Crippen LogP) is 3.54. The van der Waals surface area contributed by atoms with Gasteiger partial charge in [0.2, 0.25) is 15.9 Å². The van der Waals surface area contributed by atoms with Gasteiger partial charge in [-0.25, -0.2) is 17.9 Å². The van der Waals surface area contributed by atoms with Crippen molar-refractivity contribution in [1.29, 1.82) is 0 Å². The summed E-state index contributed by atoms with van der Waals surface area (Å²) in [5, 5.41) is 6.38. The van der Waals surface area contributed by atoms with Crippen molar-refractivity contribution >= 4 is 15.9 Å². The second kappa shape index (κ2) is 11.3. The topological polar surface area (TPSA) is 108 Å². The molecule has 2 saturated carbocycles. The Morgan fingerprint density at radius 2 is 1.68 bits per heavy atom. The molecule has 0 aromatic rings. The van der Waals surface area contributed by atoms with Gasteiger partial charge in [-0.15, -0.1) is 0 Å². The Balaban J connectivity index is 1.88. The maximum absolute atomic E-state index is 14.7. The number of hydrogen-bond donors (Lipinski definition) is 2. The van der Waals surface area contributed by atoms with Crippen LogP contribution in [0.25, 0.3) is 0 Å².